The Morgan fingerprint density at radius 3 is 2.62 bits per heavy atom. The molecule has 3 rings (SSSR count). The molecule has 5 nitrogen and oxygen atoms in total. The molecule has 2 aromatic rings. The van der Waals surface area contributed by atoms with Crippen LogP contribution in [0.25, 0.3) is 0 Å². The van der Waals surface area contributed by atoms with Crippen LogP contribution >= 0.6 is 0 Å². The molecule has 1 unspecified atom stereocenters. The lowest BCUT2D eigenvalue weighted by molar-refractivity contribution is 0.0935. The van der Waals surface area contributed by atoms with Crippen LogP contribution < -0.4 is 15.4 Å². The normalized spacial score (nSPS) is 16.1. The number of amides is 1. The van der Waals surface area contributed by atoms with Crippen molar-refractivity contribution >= 4 is 11.6 Å². The van der Waals surface area contributed by atoms with Gasteiger partial charge in [-0.25, -0.2) is 0 Å². The number of carbonyl (C=O) groups excluding carboxylic acids is 1. The second-order valence-electron chi connectivity index (χ2n) is 4.61. The Morgan fingerprint density at radius 1 is 1.10 bits per heavy atom. The van der Waals surface area contributed by atoms with Crippen LogP contribution in [0.2, 0.25) is 0 Å². The zero-order valence-electron chi connectivity index (χ0n) is 11.2. The van der Waals surface area contributed by atoms with E-state index in [2.05, 4.69) is 10.6 Å². The highest BCUT2D eigenvalue weighted by atomic mass is 16.5. The average Bonchev–Trinajstić information content (AvgIpc) is 2.53. The Kier molecular flexibility index (Phi) is 3.44. The number of carbonyl (C=O) groups is 1. The summed E-state index contributed by atoms with van der Waals surface area (Å²) < 4.78 is 5.21. The van der Waals surface area contributed by atoms with Crippen molar-refractivity contribution in [1.29, 1.82) is 5.26 Å². The minimum Gasteiger partial charge on any atom is -0.479 e. The van der Waals surface area contributed by atoms with Gasteiger partial charge in [-0.15, -0.1) is 0 Å². The summed E-state index contributed by atoms with van der Waals surface area (Å²) in [4.78, 5) is 12.1. The van der Waals surface area contributed by atoms with E-state index >= 15 is 0 Å². The Morgan fingerprint density at radius 2 is 1.86 bits per heavy atom. The van der Waals surface area contributed by atoms with Crippen LogP contribution in [0.1, 0.15) is 22.1 Å². The third kappa shape index (κ3) is 2.65. The first-order valence-corrected chi connectivity index (χ1v) is 6.54. The highest BCUT2D eigenvalue weighted by Gasteiger charge is 2.23. The first-order valence-electron chi connectivity index (χ1n) is 6.54. The number of para-hydroxylation sites is 1. The van der Waals surface area contributed by atoms with Gasteiger partial charge in [0.1, 0.15) is 18.0 Å². The van der Waals surface area contributed by atoms with E-state index in [9.17, 15) is 4.79 Å². The van der Waals surface area contributed by atoms with Crippen molar-refractivity contribution in [3.8, 4) is 11.8 Å². The van der Waals surface area contributed by atoms with Gasteiger partial charge in [0.15, 0.2) is 6.61 Å². The van der Waals surface area contributed by atoms with E-state index in [1.54, 1.807) is 18.2 Å². The van der Waals surface area contributed by atoms with Crippen LogP contribution in [0.4, 0.5) is 5.69 Å². The van der Waals surface area contributed by atoms with Crippen molar-refractivity contribution in [2.75, 3.05) is 11.9 Å². The van der Waals surface area contributed by atoms with Crippen molar-refractivity contribution in [3.63, 3.8) is 0 Å². The third-order valence-corrected chi connectivity index (χ3v) is 3.26. The minimum absolute atomic E-state index is 0.0190. The van der Waals surface area contributed by atoms with E-state index in [0.717, 1.165) is 11.3 Å². The molecule has 5 heteroatoms. The van der Waals surface area contributed by atoms with Crippen molar-refractivity contribution in [3.05, 3.63) is 59.7 Å². The SMILES string of the molecule is N#CCOc1ccc(C2NC(=O)c3ccccc3N2)cc1. The molecule has 0 bridgehead atoms. The molecule has 1 amide bonds. The van der Waals surface area contributed by atoms with Gasteiger partial charge in [-0.2, -0.15) is 5.26 Å². The van der Waals surface area contributed by atoms with Gasteiger partial charge < -0.3 is 15.4 Å². The van der Waals surface area contributed by atoms with Crippen LogP contribution in [0.5, 0.6) is 5.75 Å². The molecule has 1 aliphatic rings. The highest BCUT2D eigenvalue weighted by molar-refractivity contribution is 6.01. The molecule has 1 heterocycles. The van der Waals surface area contributed by atoms with E-state index < -0.39 is 0 Å². The summed E-state index contributed by atoms with van der Waals surface area (Å²) in [5.74, 6) is 0.530. The number of ether oxygens (including phenoxy) is 1. The highest BCUT2D eigenvalue weighted by Crippen LogP contribution is 2.27. The first-order chi connectivity index (χ1) is 10.3. The molecule has 0 aromatic heterocycles. The second-order valence-corrected chi connectivity index (χ2v) is 4.61. The quantitative estimate of drug-likeness (QED) is 0.905. The maximum Gasteiger partial charge on any atom is 0.255 e. The Hall–Kier alpha value is -3.00. The van der Waals surface area contributed by atoms with Crippen LogP contribution in [0.15, 0.2) is 48.5 Å². The van der Waals surface area contributed by atoms with Crippen molar-refractivity contribution in [2.24, 2.45) is 0 Å². The smallest absolute Gasteiger partial charge is 0.255 e. The molecule has 0 aliphatic carbocycles. The maximum atomic E-state index is 12.1. The summed E-state index contributed by atoms with van der Waals surface area (Å²) in [5, 5.41) is 14.7. The largest absolute Gasteiger partial charge is 0.479 e. The number of nitrogens with zero attached hydrogens (tertiary/aromatic N) is 1. The monoisotopic (exact) mass is 279 g/mol. The zero-order chi connectivity index (χ0) is 14.7. The number of nitriles is 1. The fraction of sp³-hybridized carbons (Fsp3) is 0.125. The van der Waals surface area contributed by atoms with Crippen molar-refractivity contribution < 1.29 is 9.53 Å². The summed E-state index contributed by atoms with van der Waals surface area (Å²) in [6.07, 6.45) is -0.280. The molecule has 0 spiro atoms. The molecule has 1 aliphatic heterocycles. The Balaban J connectivity index is 1.80. The van der Waals surface area contributed by atoms with Crippen LogP contribution in [-0.4, -0.2) is 12.5 Å². The molecule has 1 atom stereocenters. The van der Waals surface area contributed by atoms with Gasteiger partial charge >= 0.3 is 0 Å². The molecule has 2 aromatic carbocycles. The lowest BCUT2D eigenvalue weighted by Crippen LogP contribution is -2.38. The summed E-state index contributed by atoms with van der Waals surface area (Å²) in [6.45, 7) is 0.0190. The summed E-state index contributed by atoms with van der Waals surface area (Å²) in [6, 6.07) is 16.6. The zero-order valence-corrected chi connectivity index (χ0v) is 11.2. The fourth-order valence-corrected chi connectivity index (χ4v) is 2.25. The lowest BCUT2D eigenvalue weighted by atomic mass is 10.1. The predicted molar refractivity (Wildman–Crippen MR) is 77.8 cm³/mol. The Bertz CT molecular complexity index is 704. The maximum absolute atomic E-state index is 12.1. The van der Waals surface area contributed by atoms with Gasteiger partial charge in [0.25, 0.3) is 5.91 Å². The number of hydrogen-bond acceptors (Lipinski definition) is 4. The summed E-state index contributed by atoms with van der Waals surface area (Å²) in [7, 11) is 0. The third-order valence-electron chi connectivity index (χ3n) is 3.26. The van der Waals surface area contributed by atoms with Gasteiger partial charge in [-0.05, 0) is 29.8 Å². The van der Waals surface area contributed by atoms with Gasteiger partial charge in [0, 0.05) is 5.69 Å². The van der Waals surface area contributed by atoms with Gasteiger partial charge in [0.05, 0.1) is 5.56 Å². The summed E-state index contributed by atoms with van der Waals surface area (Å²) >= 11 is 0. The van der Waals surface area contributed by atoms with Crippen LogP contribution in [0.3, 0.4) is 0 Å². The fourth-order valence-electron chi connectivity index (χ4n) is 2.25. The lowest BCUT2D eigenvalue weighted by Gasteiger charge is -2.28. The topological polar surface area (TPSA) is 74.1 Å². The number of hydrogen-bond donors (Lipinski definition) is 2. The van der Waals surface area contributed by atoms with Crippen molar-refractivity contribution in [2.45, 2.75) is 6.17 Å². The minimum atomic E-state index is -0.280. The van der Waals surface area contributed by atoms with Gasteiger partial charge in [-0.3, -0.25) is 4.79 Å². The number of anilines is 1. The van der Waals surface area contributed by atoms with E-state index in [1.165, 1.54) is 0 Å². The van der Waals surface area contributed by atoms with Gasteiger partial charge in [-0.1, -0.05) is 24.3 Å². The molecule has 104 valence electrons. The number of rotatable bonds is 3. The van der Waals surface area contributed by atoms with E-state index in [-0.39, 0.29) is 18.7 Å². The van der Waals surface area contributed by atoms with E-state index in [1.807, 2.05) is 36.4 Å². The first kappa shape index (κ1) is 13.0. The van der Waals surface area contributed by atoms with Gasteiger partial charge in [0.2, 0.25) is 0 Å². The molecule has 0 saturated carbocycles. The molecular weight excluding hydrogens is 266 g/mol. The molecule has 0 saturated heterocycles. The second kappa shape index (κ2) is 5.55. The number of nitrogens with one attached hydrogen (secondary N) is 2. The van der Waals surface area contributed by atoms with Crippen molar-refractivity contribution in [1.82, 2.24) is 5.32 Å². The van der Waals surface area contributed by atoms with E-state index in [0.29, 0.717) is 11.3 Å². The molecule has 0 fully saturated rings. The Labute approximate surface area is 122 Å². The summed E-state index contributed by atoms with van der Waals surface area (Å²) in [5.41, 5.74) is 2.38. The molecule has 2 N–H and O–H groups in total. The number of fused-ring (bicyclic) bond motifs is 1. The van der Waals surface area contributed by atoms with E-state index in [4.69, 9.17) is 10.00 Å². The molecular formula is C16H13N3O2. The van der Waals surface area contributed by atoms with Crippen LogP contribution in [0, 0.1) is 11.3 Å². The molecule has 21 heavy (non-hydrogen) atoms. The number of benzene rings is 2. The molecule has 0 radical (unpaired) electrons. The standard InChI is InChI=1S/C16H13N3O2/c17-9-10-21-12-7-5-11(6-8-12)15-18-14-4-2-1-3-13(14)16(20)19-15/h1-8,15,18H,10H2,(H,19,20). The van der Waals surface area contributed by atoms with Crippen LogP contribution in [-0.2, 0) is 0 Å². The predicted octanol–water partition coefficient (Wildman–Crippen LogP) is 2.44. The average molecular weight is 279 g/mol.